The van der Waals surface area contributed by atoms with Crippen LogP contribution in [-0.4, -0.2) is 39.4 Å². The van der Waals surface area contributed by atoms with Gasteiger partial charge in [0.15, 0.2) is 0 Å². The number of hydrogen-bond donors (Lipinski definition) is 0. The van der Waals surface area contributed by atoms with Crippen molar-refractivity contribution in [2.45, 2.75) is 32.9 Å². The van der Waals surface area contributed by atoms with E-state index >= 15 is 0 Å². The maximum atomic E-state index is 11.4. The van der Waals surface area contributed by atoms with E-state index < -0.39 is 17.5 Å². The zero-order chi connectivity index (χ0) is 13.1. The first-order chi connectivity index (χ1) is 7.81. The molecular weight excluding hydrogens is 226 g/mol. The Labute approximate surface area is 98.7 Å². The Morgan fingerprint density at radius 2 is 2.06 bits per heavy atom. The van der Waals surface area contributed by atoms with Crippen molar-refractivity contribution in [1.82, 2.24) is 14.8 Å². The van der Waals surface area contributed by atoms with Gasteiger partial charge in [-0.25, -0.2) is 14.5 Å². The summed E-state index contributed by atoms with van der Waals surface area (Å²) in [7, 11) is 1.23. The number of ether oxygens (including phenoxy) is 2. The van der Waals surface area contributed by atoms with Gasteiger partial charge in [0.05, 0.1) is 7.11 Å². The Hall–Kier alpha value is -1.92. The molecule has 7 nitrogen and oxygen atoms in total. The largest absolute Gasteiger partial charge is 0.463 e. The third-order valence-electron chi connectivity index (χ3n) is 1.62. The van der Waals surface area contributed by atoms with Crippen molar-refractivity contribution < 1.29 is 19.1 Å². The molecule has 1 heterocycles. The molecule has 0 saturated heterocycles. The van der Waals surface area contributed by atoms with Crippen molar-refractivity contribution in [1.29, 1.82) is 0 Å². The highest BCUT2D eigenvalue weighted by molar-refractivity contribution is 5.84. The number of carbonyl (C=O) groups is 2. The zero-order valence-corrected chi connectivity index (χ0v) is 10.3. The molecule has 0 aliphatic rings. The van der Waals surface area contributed by atoms with Gasteiger partial charge in [-0.2, -0.15) is 0 Å². The molecule has 7 heteroatoms. The van der Waals surface area contributed by atoms with E-state index in [0.29, 0.717) is 0 Å². The third-order valence-corrected chi connectivity index (χ3v) is 1.62. The van der Waals surface area contributed by atoms with Gasteiger partial charge >= 0.3 is 11.9 Å². The van der Waals surface area contributed by atoms with Crippen LogP contribution in [0, 0.1) is 0 Å². The number of methoxy groups -OCH3 is 1. The Bertz CT molecular complexity index is 419. The predicted octanol–water partition coefficient (Wildman–Crippen LogP) is 0.406. The van der Waals surface area contributed by atoms with E-state index in [2.05, 4.69) is 14.8 Å². The average molecular weight is 241 g/mol. The molecule has 0 aliphatic heterocycles. The van der Waals surface area contributed by atoms with Crippen LogP contribution >= 0.6 is 0 Å². The maximum absolute atomic E-state index is 11.4. The minimum absolute atomic E-state index is 0.0870. The van der Waals surface area contributed by atoms with Crippen molar-refractivity contribution in [2.75, 3.05) is 7.11 Å². The van der Waals surface area contributed by atoms with Crippen LogP contribution < -0.4 is 0 Å². The molecule has 1 rings (SSSR count). The summed E-state index contributed by atoms with van der Waals surface area (Å²) in [5.41, 5.74) is -0.553. The van der Waals surface area contributed by atoms with Crippen molar-refractivity contribution >= 4 is 11.9 Å². The van der Waals surface area contributed by atoms with Gasteiger partial charge < -0.3 is 9.47 Å². The normalized spacial score (nSPS) is 11.1. The number of carbonyl (C=O) groups excluding carboxylic acids is 2. The van der Waals surface area contributed by atoms with Gasteiger partial charge in [0.25, 0.3) is 5.82 Å². The van der Waals surface area contributed by atoms with E-state index in [0.717, 1.165) is 0 Å². The molecule has 0 saturated carbocycles. The molecule has 1 aromatic heterocycles. The van der Waals surface area contributed by atoms with E-state index in [9.17, 15) is 9.59 Å². The maximum Gasteiger partial charge on any atom is 0.377 e. The lowest BCUT2D eigenvalue weighted by atomic mass is 10.2. The molecule has 0 bridgehead atoms. The van der Waals surface area contributed by atoms with Crippen LogP contribution in [0.1, 0.15) is 31.4 Å². The fraction of sp³-hybridized carbons (Fsp3) is 0.600. The molecule has 0 radical (unpaired) electrons. The molecule has 1 aromatic rings. The Morgan fingerprint density at radius 1 is 1.41 bits per heavy atom. The van der Waals surface area contributed by atoms with Gasteiger partial charge in [-0.05, 0) is 20.8 Å². The summed E-state index contributed by atoms with van der Waals surface area (Å²) in [5.74, 6) is -1.18. The Morgan fingerprint density at radius 3 is 2.59 bits per heavy atom. The van der Waals surface area contributed by atoms with Crippen LogP contribution in [0.4, 0.5) is 0 Å². The summed E-state index contributed by atoms with van der Waals surface area (Å²) < 4.78 is 10.8. The first kappa shape index (κ1) is 13.1. The van der Waals surface area contributed by atoms with Gasteiger partial charge in [0, 0.05) is 0 Å². The molecule has 0 N–H and O–H groups in total. The van der Waals surface area contributed by atoms with E-state index in [-0.39, 0.29) is 12.4 Å². The van der Waals surface area contributed by atoms with Crippen LogP contribution in [0.2, 0.25) is 0 Å². The van der Waals surface area contributed by atoms with Crippen molar-refractivity contribution in [3.05, 3.63) is 12.2 Å². The lowest BCUT2D eigenvalue weighted by Gasteiger charge is -2.19. The van der Waals surface area contributed by atoms with Crippen LogP contribution in [-0.2, 0) is 20.8 Å². The van der Waals surface area contributed by atoms with Crippen molar-refractivity contribution in [3.8, 4) is 0 Å². The van der Waals surface area contributed by atoms with Gasteiger partial charge in [-0.15, -0.1) is 5.10 Å². The van der Waals surface area contributed by atoms with E-state index in [4.69, 9.17) is 4.74 Å². The number of rotatable bonds is 3. The van der Waals surface area contributed by atoms with E-state index in [1.54, 1.807) is 20.8 Å². The lowest BCUT2D eigenvalue weighted by molar-refractivity contribution is -0.155. The summed E-state index contributed by atoms with van der Waals surface area (Å²) in [6, 6.07) is 0. The van der Waals surface area contributed by atoms with Gasteiger partial charge in [0.2, 0.25) is 0 Å². The average Bonchev–Trinajstić information content (AvgIpc) is 2.62. The number of esters is 2. The predicted molar refractivity (Wildman–Crippen MR) is 57.2 cm³/mol. The summed E-state index contributed by atoms with van der Waals surface area (Å²) in [6.45, 7) is 5.21. The third kappa shape index (κ3) is 4.21. The fourth-order valence-corrected chi connectivity index (χ4v) is 1.06. The molecule has 0 amide bonds. The molecule has 94 valence electrons. The first-order valence-corrected chi connectivity index (χ1v) is 5.01. The number of aromatic nitrogens is 3. The molecule has 0 aliphatic carbocycles. The SMILES string of the molecule is COC(=O)c1ncn(CC(=O)OC(C)(C)C)n1. The summed E-state index contributed by atoms with van der Waals surface area (Å²) >= 11 is 0. The monoisotopic (exact) mass is 241 g/mol. The van der Waals surface area contributed by atoms with Crippen molar-refractivity contribution in [3.63, 3.8) is 0 Å². The van der Waals surface area contributed by atoms with Crippen LogP contribution in [0.25, 0.3) is 0 Å². The number of hydrogen-bond acceptors (Lipinski definition) is 6. The van der Waals surface area contributed by atoms with Gasteiger partial charge in [-0.1, -0.05) is 0 Å². The highest BCUT2D eigenvalue weighted by Gasteiger charge is 2.18. The molecule has 0 aromatic carbocycles. The smallest absolute Gasteiger partial charge is 0.377 e. The molecule has 0 fully saturated rings. The van der Waals surface area contributed by atoms with E-state index in [1.807, 2.05) is 0 Å². The second-order valence-corrected chi connectivity index (χ2v) is 4.34. The molecule has 0 spiro atoms. The Balaban J connectivity index is 2.61. The molecule has 17 heavy (non-hydrogen) atoms. The zero-order valence-electron chi connectivity index (χ0n) is 10.3. The molecule has 0 atom stereocenters. The van der Waals surface area contributed by atoms with E-state index in [1.165, 1.54) is 18.1 Å². The van der Waals surface area contributed by atoms with Crippen molar-refractivity contribution in [2.24, 2.45) is 0 Å². The fourth-order valence-electron chi connectivity index (χ4n) is 1.06. The quantitative estimate of drug-likeness (QED) is 0.712. The standard InChI is InChI=1S/C10H15N3O4/c1-10(2,3)17-7(14)5-13-6-11-8(12-13)9(15)16-4/h6H,5H2,1-4H3. The van der Waals surface area contributed by atoms with Gasteiger partial charge in [-0.3, -0.25) is 4.79 Å². The summed E-state index contributed by atoms with van der Waals surface area (Å²) in [5, 5.41) is 3.78. The second kappa shape index (κ2) is 4.94. The highest BCUT2D eigenvalue weighted by atomic mass is 16.6. The van der Waals surface area contributed by atoms with Crippen LogP contribution in [0.15, 0.2) is 6.33 Å². The summed E-state index contributed by atoms with van der Waals surface area (Å²) in [4.78, 5) is 26.2. The topological polar surface area (TPSA) is 83.3 Å². The first-order valence-electron chi connectivity index (χ1n) is 5.01. The van der Waals surface area contributed by atoms with Gasteiger partial charge in [0.1, 0.15) is 18.5 Å². The number of nitrogens with zero attached hydrogens (tertiary/aromatic N) is 3. The van der Waals surface area contributed by atoms with Crippen LogP contribution in [0.5, 0.6) is 0 Å². The minimum Gasteiger partial charge on any atom is -0.463 e. The summed E-state index contributed by atoms with van der Waals surface area (Å²) in [6.07, 6.45) is 1.27. The molecule has 0 unspecified atom stereocenters. The second-order valence-electron chi connectivity index (χ2n) is 4.34. The highest BCUT2D eigenvalue weighted by Crippen LogP contribution is 2.07. The Kier molecular flexibility index (Phi) is 3.82. The minimum atomic E-state index is -0.645. The van der Waals surface area contributed by atoms with Crippen LogP contribution in [0.3, 0.4) is 0 Å². The molecular formula is C10H15N3O4. The lowest BCUT2D eigenvalue weighted by Crippen LogP contribution is -2.26.